The van der Waals surface area contributed by atoms with E-state index in [9.17, 15) is 4.79 Å². The highest BCUT2D eigenvalue weighted by Crippen LogP contribution is 2.28. The summed E-state index contributed by atoms with van der Waals surface area (Å²) in [4.78, 5) is 14.8. The van der Waals surface area contributed by atoms with Gasteiger partial charge in [-0.3, -0.25) is 4.79 Å². The molecule has 0 aliphatic heterocycles. The maximum Gasteiger partial charge on any atom is 0.178 e. The van der Waals surface area contributed by atoms with Gasteiger partial charge in [0.15, 0.2) is 5.78 Å². The Morgan fingerprint density at radius 3 is 2.87 bits per heavy atom. The second kappa shape index (κ2) is 4.10. The third-order valence-corrected chi connectivity index (χ3v) is 3.36. The summed E-state index contributed by atoms with van der Waals surface area (Å²) in [5, 5.41) is 0.953. The first-order chi connectivity index (χ1) is 7.11. The van der Waals surface area contributed by atoms with Gasteiger partial charge in [0.1, 0.15) is 0 Å². The normalized spacial score (nSPS) is 13.0. The van der Waals surface area contributed by atoms with Gasteiger partial charge in [0.25, 0.3) is 0 Å². The Labute approximate surface area is 104 Å². The molecule has 2 nitrogen and oxygen atoms in total. The molecule has 0 fully saturated rings. The van der Waals surface area contributed by atoms with Crippen LogP contribution in [-0.4, -0.2) is 15.6 Å². The summed E-state index contributed by atoms with van der Waals surface area (Å²) in [6.07, 6.45) is 1.76. The van der Waals surface area contributed by atoms with E-state index >= 15 is 0 Å². The third kappa shape index (κ3) is 1.88. The Morgan fingerprint density at radius 2 is 2.20 bits per heavy atom. The number of nitrogens with one attached hydrogen (secondary N) is 1. The molecular formula is C11H9Br2NO. The van der Waals surface area contributed by atoms with Crippen LogP contribution in [0.25, 0.3) is 10.9 Å². The molecule has 2 rings (SSSR count). The van der Waals surface area contributed by atoms with Crippen LogP contribution in [-0.2, 0) is 0 Å². The van der Waals surface area contributed by atoms with Gasteiger partial charge in [0.05, 0.1) is 4.83 Å². The molecule has 78 valence electrons. The molecule has 0 bridgehead atoms. The van der Waals surface area contributed by atoms with Gasteiger partial charge in [-0.1, -0.05) is 37.9 Å². The van der Waals surface area contributed by atoms with Gasteiger partial charge in [-0.2, -0.15) is 0 Å². The van der Waals surface area contributed by atoms with Gasteiger partial charge in [0, 0.05) is 27.1 Å². The van der Waals surface area contributed by atoms with Crippen LogP contribution in [0.2, 0.25) is 0 Å². The number of carbonyl (C=O) groups excluding carboxylic acids is 1. The number of Topliss-reactive ketones (excluding diaryl/α,β-unsaturated/α-hetero) is 1. The first-order valence-corrected chi connectivity index (χ1v) is 6.26. The average molecular weight is 331 g/mol. The monoisotopic (exact) mass is 329 g/mol. The van der Waals surface area contributed by atoms with E-state index in [4.69, 9.17) is 0 Å². The Balaban J connectivity index is 2.67. The standard InChI is InChI=1S/C11H9Br2NO/c1-6(12)11(15)7-5-14-9-4-2-3-8(13)10(7)9/h2-6,14H,1H3. The number of ketones is 1. The molecule has 1 aromatic carbocycles. The number of aromatic amines is 1. The molecule has 0 aliphatic carbocycles. The van der Waals surface area contributed by atoms with Gasteiger partial charge >= 0.3 is 0 Å². The zero-order valence-corrected chi connectivity index (χ0v) is 11.2. The number of alkyl halides is 1. The molecule has 1 unspecified atom stereocenters. The van der Waals surface area contributed by atoms with Crippen molar-refractivity contribution in [1.82, 2.24) is 4.98 Å². The number of H-pyrrole nitrogens is 1. The lowest BCUT2D eigenvalue weighted by Gasteiger charge is -2.01. The van der Waals surface area contributed by atoms with Gasteiger partial charge in [-0.05, 0) is 19.1 Å². The number of fused-ring (bicyclic) bond motifs is 1. The molecule has 0 radical (unpaired) electrons. The number of benzene rings is 1. The van der Waals surface area contributed by atoms with Gasteiger partial charge < -0.3 is 4.98 Å². The number of hydrogen-bond donors (Lipinski definition) is 1. The van der Waals surface area contributed by atoms with Crippen LogP contribution >= 0.6 is 31.9 Å². The molecule has 1 aromatic heterocycles. The number of carbonyl (C=O) groups is 1. The van der Waals surface area contributed by atoms with Crippen molar-refractivity contribution in [2.75, 3.05) is 0 Å². The first kappa shape index (κ1) is 10.9. The average Bonchev–Trinajstić information content (AvgIpc) is 2.61. The van der Waals surface area contributed by atoms with Crippen LogP contribution in [0.15, 0.2) is 28.9 Å². The SMILES string of the molecule is CC(Br)C(=O)c1c[nH]c2cccc(Br)c12. The van der Waals surface area contributed by atoms with E-state index in [1.165, 1.54) is 0 Å². The minimum Gasteiger partial charge on any atom is -0.360 e. The lowest BCUT2D eigenvalue weighted by Crippen LogP contribution is -2.09. The quantitative estimate of drug-likeness (QED) is 0.657. The molecule has 0 saturated carbocycles. The van der Waals surface area contributed by atoms with Crippen molar-refractivity contribution in [1.29, 1.82) is 0 Å². The molecule has 1 N–H and O–H groups in total. The van der Waals surface area contributed by atoms with Crippen LogP contribution in [0, 0.1) is 0 Å². The predicted octanol–water partition coefficient (Wildman–Crippen LogP) is 3.90. The summed E-state index contributed by atoms with van der Waals surface area (Å²) in [5.41, 5.74) is 1.70. The minimum atomic E-state index is -0.163. The summed E-state index contributed by atoms with van der Waals surface area (Å²) in [6.45, 7) is 1.83. The minimum absolute atomic E-state index is 0.0909. The van der Waals surface area contributed by atoms with Crippen molar-refractivity contribution in [3.63, 3.8) is 0 Å². The van der Waals surface area contributed by atoms with Crippen molar-refractivity contribution >= 4 is 48.5 Å². The Hall–Kier alpha value is -0.610. The van der Waals surface area contributed by atoms with E-state index in [2.05, 4.69) is 36.8 Å². The molecule has 0 saturated heterocycles. The molecule has 1 heterocycles. The van der Waals surface area contributed by atoms with E-state index in [1.807, 2.05) is 25.1 Å². The van der Waals surface area contributed by atoms with Gasteiger partial charge in [0.2, 0.25) is 0 Å². The van der Waals surface area contributed by atoms with E-state index < -0.39 is 0 Å². The zero-order valence-electron chi connectivity index (χ0n) is 8.05. The lowest BCUT2D eigenvalue weighted by atomic mass is 10.1. The maximum absolute atomic E-state index is 11.9. The topological polar surface area (TPSA) is 32.9 Å². The van der Waals surface area contributed by atoms with E-state index in [0.717, 1.165) is 20.9 Å². The third-order valence-electron chi connectivity index (χ3n) is 2.28. The van der Waals surface area contributed by atoms with Gasteiger partial charge in [-0.25, -0.2) is 0 Å². The van der Waals surface area contributed by atoms with Crippen molar-refractivity contribution in [3.8, 4) is 0 Å². The first-order valence-electron chi connectivity index (χ1n) is 4.55. The fourth-order valence-corrected chi connectivity index (χ4v) is 2.38. The summed E-state index contributed by atoms with van der Waals surface area (Å²) in [7, 11) is 0. The fourth-order valence-electron chi connectivity index (χ4n) is 1.55. The smallest absolute Gasteiger partial charge is 0.178 e. The molecule has 0 aliphatic rings. The number of halogens is 2. The second-order valence-corrected chi connectivity index (χ2v) is 5.57. The summed E-state index contributed by atoms with van der Waals surface area (Å²) in [5.74, 6) is 0.0909. The van der Waals surface area contributed by atoms with Crippen molar-refractivity contribution < 1.29 is 4.79 Å². The highest BCUT2D eigenvalue weighted by atomic mass is 79.9. The number of rotatable bonds is 2. The zero-order chi connectivity index (χ0) is 11.0. The summed E-state index contributed by atoms with van der Waals surface area (Å²) >= 11 is 6.75. The molecule has 2 aromatic rings. The van der Waals surface area contributed by atoms with Crippen molar-refractivity contribution in [2.24, 2.45) is 0 Å². The Kier molecular flexibility index (Phi) is 2.98. The molecule has 4 heteroatoms. The fraction of sp³-hybridized carbons (Fsp3) is 0.182. The van der Waals surface area contributed by atoms with Crippen molar-refractivity contribution in [2.45, 2.75) is 11.8 Å². The predicted molar refractivity (Wildman–Crippen MR) is 68.7 cm³/mol. The van der Waals surface area contributed by atoms with Crippen LogP contribution < -0.4 is 0 Å². The van der Waals surface area contributed by atoms with E-state index in [1.54, 1.807) is 6.20 Å². The Bertz CT molecular complexity index is 516. The van der Waals surface area contributed by atoms with Crippen LogP contribution in [0.4, 0.5) is 0 Å². The lowest BCUT2D eigenvalue weighted by molar-refractivity contribution is 0.0997. The van der Waals surface area contributed by atoms with Gasteiger partial charge in [-0.15, -0.1) is 0 Å². The molecule has 0 spiro atoms. The largest absolute Gasteiger partial charge is 0.360 e. The molecule has 1 atom stereocenters. The molecule has 0 amide bonds. The summed E-state index contributed by atoms with van der Waals surface area (Å²) in [6, 6.07) is 5.83. The highest BCUT2D eigenvalue weighted by Gasteiger charge is 2.17. The second-order valence-electron chi connectivity index (χ2n) is 3.34. The van der Waals surface area contributed by atoms with E-state index in [0.29, 0.717) is 0 Å². The Morgan fingerprint density at radius 1 is 1.47 bits per heavy atom. The van der Waals surface area contributed by atoms with Crippen molar-refractivity contribution in [3.05, 3.63) is 34.4 Å². The summed E-state index contributed by atoms with van der Waals surface area (Å²) < 4.78 is 0.942. The molecular weight excluding hydrogens is 322 g/mol. The highest BCUT2D eigenvalue weighted by molar-refractivity contribution is 9.10. The van der Waals surface area contributed by atoms with Crippen LogP contribution in [0.3, 0.4) is 0 Å². The number of aromatic nitrogens is 1. The number of hydrogen-bond acceptors (Lipinski definition) is 1. The van der Waals surface area contributed by atoms with E-state index in [-0.39, 0.29) is 10.6 Å². The molecule has 15 heavy (non-hydrogen) atoms. The van der Waals surface area contributed by atoms with Crippen LogP contribution in [0.5, 0.6) is 0 Å². The maximum atomic E-state index is 11.9. The van der Waals surface area contributed by atoms with Crippen LogP contribution in [0.1, 0.15) is 17.3 Å².